The van der Waals surface area contributed by atoms with Gasteiger partial charge < -0.3 is 14.6 Å². The van der Waals surface area contributed by atoms with E-state index in [1.807, 2.05) is 0 Å². The first-order valence-electron chi connectivity index (χ1n) is 10.9. The number of nitrogens with zero attached hydrogens (tertiary/aromatic N) is 1. The van der Waals surface area contributed by atoms with Gasteiger partial charge in [0.1, 0.15) is 12.2 Å². The lowest BCUT2D eigenvalue weighted by atomic mass is 10.1. The third kappa shape index (κ3) is 4.95. The number of anilines is 1. The monoisotopic (exact) mass is 486 g/mol. The lowest BCUT2D eigenvalue weighted by molar-refractivity contribution is -0.122. The molecule has 0 atom stereocenters. The van der Waals surface area contributed by atoms with Gasteiger partial charge in [-0.25, -0.2) is 14.5 Å². The molecule has 0 saturated carbocycles. The zero-order valence-corrected chi connectivity index (χ0v) is 19.5. The van der Waals surface area contributed by atoms with Crippen molar-refractivity contribution in [2.45, 2.75) is 13.5 Å². The summed E-state index contributed by atoms with van der Waals surface area (Å²) in [6, 6.07) is 17.3. The number of rotatable bonds is 7. The standard InChI is InChI=1S/C27H22N2O7/c1-16-6-3-4-9-21(16)29-25(31)20(24(30)28-27(29)34)13-17-10-11-22(23(14-17)35-2)36-15-18-7-5-8-19(12-18)26(32)33/h3-14H,15H2,1-2H3,(H,32,33)(H,28,30,34)/b20-13-. The molecule has 0 aromatic heterocycles. The number of hydrogen-bond donors (Lipinski definition) is 2. The summed E-state index contributed by atoms with van der Waals surface area (Å²) in [5.74, 6) is -1.84. The average Bonchev–Trinajstić information content (AvgIpc) is 2.86. The minimum Gasteiger partial charge on any atom is -0.493 e. The van der Waals surface area contributed by atoms with Crippen molar-refractivity contribution >= 4 is 35.6 Å². The van der Waals surface area contributed by atoms with Crippen LogP contribution >= 0.6 is 0 Å². The smallest absolute Gasteiger partial charge is 0.335 e. The van der Waals surface area contributed by atoms with Crippen molar-refractivity contribution in [3.63, 3.8) is 0 Å². The van der Waals surface area contributed by atoms with E-state index >= 15 is 0 Å². The third-order valence-corrected chi connectivity index (χ3v) is 5.52. The predicted octanol–water partition coefficient (Wildman–Crippen LogP) is 3.95. The number of carboxylic acid groups (broad SMARTS) is 1. The van der Waals surface area contributed by atoms with Crippen LogP contribution in [0.5, 0.6) is 11.5 Å². The van der Waals surface area contributed by atoms with Crippen LogP contribution in [-0.2, 0) is 16.2 Å². The number of barbiturate groups is 1. The predicted molar refractivity (Wildman–Crippen MR) is 131 cm³/mol. The Kier molecular flexibility index (Phi) is 6.82. The molecular weight excluding hydrogens is 464 g/mol. The molecule has 3 aromatic carbocycles. The molecule has 2 N–H and O–H groups in total. The minimum atomic E-state index is -1.03. The van der Waals surface area contributed by atoms with Gasteiger partial charge in [-0.3, -0.25) is 14.9 Å². The van der Waals surface area contributed by atoms with Crippen molar-refractivity contribution in [3.8, 4) is 11.5 Å². The molecule has 0 spiro atoms. The van der Waals surface area contributed by atoms with Crippen molar-refractivity contribution in [3.05, 3.63) is 94.6 Å². The lowest BCUT2D eigenvalue weighted by Crippen LogP contribution is -2.54. The van der Waals surface area contributed by atoms with Gasteiger partial charge in [0.2, 0.25) is 0 Å². The third-order valence-electron chi connectivity index (χ3n) is 5.52. The zero-order chi connectivity index (χ0) is 25.8. The molecule has 1 saturated heterocycles. The molecule has 4 rings (SSSR count). The number of carbonyl (C=O) groups is 4. The van der Waals surface area contributed by atoms with Gasteiger partial charge >= 0.3 is 12.0 Å². The number of urea groups is 1. The quantitative estimate of drug-likeness (QED) is 0.383. The van der Waals surface area contributed by atoms with Crippen LogP contribution < -0.4 is 19.7 Å². The van der Waals surface area contributed by atoms with Gasteiger partial charge in [-0.1, -0.05) is 36.4 Å². The molecule has 36 heavy (non-hydrogen) atoms. The first kappa shape index (κ1) is 24.2. The molecule has 1 aliphatic rings. The second kappa shape index (κ2) is 10.1. The zero-order valence-electron chi connectivity index (χ0n) is 19.5. The fraction of sp³-hybridized carbons (Fsp3) is 0.111. The summed E-state index contributed by atoms with van der Waals surface area (Å²) in [5, 5.41) is 11.4. The van der Waals surface area contributed by atoms with Crippen LogP contribution in [0.2, 0.25) is 0 Å². The first-order chi connectivity index (χ1) is 17.3. The number of carboxylic acids is 1. The summed E-state index contributed by atoms with van der Waals surface area (Å²) in [6.45, 7) is 1.86. The molecule has 1 heterocycles. The van der Waals surface area contributed by atoms with E-state index < -0.39 is 23.8 Å². The number of hydrogen-bond acceptors (Lipinski definition) is 6. The molecule has 182 valence electrons. The van der Waals surface area contributed by atoms with E-state index in [2.05, 4.69) is 5.32 Å². The SMILES string of the molecule is COc1cc(/C=C2/C(=O)NC(=O)N(c3ccccc3C)C2=O)ccc1OCc1cccc(C(=O)O)c1. The Bertz CT molecular complexity index is 1410. The lowest BCUT2D eigenvalue weighted by Gasteiger charge is -2.27. The van der Waals surface area contributed by atoms with E-state index in [0.717, 1.165) is 4.90 Å². The summed E-state index contributed by atoms with van der Waals surface area (Å²) in [7, 11) is 1.45. The van der Waals surface area contributed by atoms with Crippen molar-refractivity contribution in [1.29, 1.82) is 0 Å². The molecule has 0 aliphatic carbocycles. The first-order valence-corrected chi connectivity index (χ1v) is 10.9. The van der Waals surface area contributed by atoms with Crippen LogP contribution in [0.4, 0.5) is 10.5 Å². The summed E-state index contributed by atoms with van der Waals surface area (Å²) in [6.07, 6.45) is 1.37. The maximum absolute atomic E-state index is 13.1. The molecule has 1 fully saturated rings. The molecule has 0 bridgehead atoms. The molecule has 9 heteroatoms. The number of amides is 4. The Labute approximate surface area is 206 Å². The number of carbonyl (C=O) groups excluding carboxylic acids is 3. The number of nitrogens with one attached hydrogen (secondary N) is 1. The highest BCUT2D eigenvalue weighted by atomic mass is 16.5. The van der Waals surface area contributed by atoms with E-state index in [4.69, 9.17) is 14.6 Å². The average molecular weight is 486 g/mol. The van der Waals surface area contributed by atoms with E-state index in [9.17, 15) is 19.2 Å². The largest absolute Gasteiger partial charge is 0.493 e. The molecule has 3 aromatic rings. The van der Waals surface area contributed by atoms with E-state index in [0.29, 0.717) is 33.9 Å². The van der Waals surface area contributed by atoms with Crippen LogP contribution in [0.3, 0.4) is 0 Å². The van der Waals surface area contributed by atoms with Gasteiger partial charge in [0.15, 0.2) is 11.5 Å². The van der Waals surface area contributed by atoms with Crippen molar-refractivity contribution in [2.24, 2.45) is 0 Å². The number of benzene rings is 3. The van der Waals surface area contributed by atoms with Gasteiger partial charge in [0.25, 0.3) is 11.8 Å². The molecule has 1 aliphatic heterocycles. The van der Waals surface area contributed by atoms with E-state index in [-0.39, 0.29) is 17.7 Å². The Morgan fingerprint density at radius 2 is 1.78 bits per heavy atom. The Balaban J connectivity index is 1.59. The summed E-state index contributed by atoms with van der Waals surface area (Å²) in [5.41, 5.74) is 2.16. The van der Waals surface area contributed by atoms with E-state index in [1.54, 1.807) is 61.5 Å². The highest BCUT2D eigenvalue weighted by molar-refractivity contribution is 6.39. The number of imide groups is 2. The Hall–Kier alpha value is -4.92. The minimum absolute atomic E-state index is 0.103. The van der Waals surface area contributed by atoms with Crippen LogP contribution in [0, 0.1) is 6.92 Å². The fourth-order valence-corrected chi connectivity index (χ4v) is 3.71. The summed E-state index contributed by atoms with van der Waals surface area (Å²) >= 11 is 0. The fourth-order valence-electron chi connectivity index (χ4n) is 3.71. The number of methoxy groups -OCH3 is 1. The number of para-hydroxylation sites is 1. The van der Waals surface area contributed by atoms with Gasteiger partial charge in [-0.15, -0.1) is 0 Å². The van der Waals surface area contributed by atoms with Crippen molar-refractivity contribution in [2.75, 3.05) is 12.0 Å². The maximum Gasteiger partial charge on any atom is 0.335 e. The van der Waals surface area contributed by atoms with Gasteiger partial charge in [-0.05, 0) is 60.0 Å². The number of ether oxygens (including phenoxy) is 2. The molecule has 0 radical (unpaired) electrons. The van der Waals surface area contributed by atoms with Crippen LogP contribution in [0.1, 0.15) is 27.0 Å². The number of aryl methyl sites for hydroxylation is 1. The second-order valence-corrected chi connectivity index (χ2v) is 7.95. The van der Waals surface area contributed by atoms with Crippen LogP contribution in [0.15, 0.2) is 72.3 Å². The molecular formula is C27H22N2O7. The van der Waals surface area contributed by atoms with Crippen LogP contribution in [-0.4, -0.2) is 36.0 Å². The maximum atomic E-state index is 13.1. The highest BCUT2D eigenvalue weighted by Crippen LogP contribution is 2.31. The molecule has 0 unspecified atom stereocenters. The van der Waals surface area contributed by atoms with E-state index in [1.165, 1.54) is 25.3 Å². The van der Waals surface area contributed by atoms with Gasteiger partial charge in [-0.2, -0.15) is 0 Å². The summed E-state index contributed by atoms with van der Waals surface area (Å²) < 4.78 is 11.2. The molecule has 4 amide bonds. The van der Waals surface area contributed by atoms with Crippen molar-refractivity contribution < 1.29 is 33.8 Å². The normalized spacial score (nSPS) is 14.6. The van der Waals surface area contributed by atoms with Gasteiger partial charge in [0.05, 0.1) is 18.4 Å². The van der Waals surface area contributed by atoms with Gasteiger partial charge in [0, 0.05) is 0 Å². The molecule has 9 nitrogen and oxygen atoms in total. The van der Waals surface area contributed by atoms with Crippen molar-refractivity contribution in [1.82, 2.24) is 5.32 Å². The Morgan fingerprint density at radius 1 is 1.00 bits per heavy atom. The number of aromatic carboxylic acids is 1. The van der Waals surface area contributed by atoms with Crippen LogP contribution in [0.25, 0.3) is 6.08 Å². The highest BCUT2D eigenvalue weighted by Gasteiger charge is 2.37. The second-order valence-electron chi connectivity index (χ2n) is 7.95. The Morgan fingerprint density at radius 3 is 2.50 bits per heavy atom. The summed E-state index contributed by atoms with van der Waals surface area (Å²) in [4.78, 5) is 50.2. The topological polar surface area (TPSA) is 122 Å².